The molecule has 4 rings (SSSR count). The van der Waals surface area contributed by atoms with E-state index in [4.69, 9.17) is 16.6 Å². The van der Waals surface area contributed by atoms with E-state index >= 15 is 0 Å². The van der Waals surface area contributed by atoms with E-state index in [0.29, 0.717) is 12.4 Å². The third-order valence-corrected chi connectivity index (χ3v) is 4.35. The van der Waals surface area contributed by atoms with Gasteiger partial charge in [0.05, 0.1) is 5.52 Å². The monoisotopic (exact) mass is 360 g/mol. The molecule has 5 heteroatoms. The summed E-state index contributed by atoms with van der Waals surface area (Å²) in [5.41, 5.74) is 3.73. The number of rotatable bonds is 4. The highest BCUT2D eigenvalue weighted by Gasteiger charge is 2.10. The molecular formula is C21H17ClN4. The standard InChI is InChI=1S/C21H17ClN4/c1-14-5-4-8-19(24-14)21-25-18-7-3-2-6-17(18)20(26-21)23-13-15-9-11-16(22)12-10-15/h2-12H,13H2,1H3,(H,23,25,26). The molecule has 0 fully saturated rings. The first-order valence-electron chi connectivity index (χ1n) is 8.38. The van der Waals surface area contributed by atoms with Gasteiger partial charge in [0.2, 0.25) is 0 Å². The van der Waals surface area contributed by atoms with E-state index in [1.807, 2.05) is 73.7 Å². The molecule has 0 unspecified atom stereocenters. The van der Waals surface area contributed by atoms with Crippen LogP contribution in [-0.4, -0.2) is 15.0 Å². The molecule has 0 atom stereocenters. The van der Waals surface area contributed by atoms with Crippen LogP contribution in [0.2, 0.25) is 5.02 Å². The molecule has 4 aromatic rings. The van der Waals surface area contributed by atoms with E-state index in [1.165, 1.54) is 0 Å². The Morgan fingerprint density at radius 1 is 0.846 bits per heavy atom. The van der Waals surface area contributed by atoms with Crippen molar-refractivity contribution in [1.82, 2.24) is 15.0 Å². The quantitative estimate of drug-likeness (QED) is 0.539. The van der Waals surface area contributed by atoms with Gasteiger partial charge in [0.15, 0.2) is 5.82 Å². The van der Waals surface area contributed by atoms with Crippen LogP contribution >= 0.6 is 11.6 Å². The average molecular weight is 361 g/mol. The van der Waals surface area contributed by atoms with E-state index in [1.54, 1.807) is 0 Å². The number of nitrogens with zero attached hydrogens (tertiary/aromatic N) is 3. The van der Waals surface area contributed by atoms with Gasteiger partial charge < -0.3 is 5.32 Å². The lowest BCUT2D eigenvalue weighted by atomic mass is 10.2. The van der Waals surface area contributed by atoms with Crippen molar-refractivity contribution in [1.29, 1.82) is 0 Å². The van der Waals surface area contributed by atoms with Gasteiger partial charge in [0.1, 0.15) is 11.5 Å². The largest absolute Gasteiger partial charge is 0.365 e. The zero-order valence-corrected chi connectivity index (χ0v) is 15.0. The SMILES string of the molecule is Cc1cccc(-c2nc(NCc3ccc(Cl)cc3)c3ccccc3n2)n1. The number of aryl methyl sites for hydroxylation is 1. The fourth-order valence-corrected chi connectivity index (χ4v) is 2.91. The van der Waals surface area contributed by atoms with Gasteiger partial charge in [-0.25, -0.2) is 15.0 Å². The van der Waals surface area contributed by atoms with Crippen molar-refractivity contribution in [2.24, 2.45) is 0 Å². The Morgan fingerprint density at radius 3 is 2.46 bits per heavy atom. The Morgan fingerprint density at radius 2 is 1.65 bits per heavy atom. The lowest BCUT2D eigenvalue weighted by Gasteiger charge is -2.11. The Kier molecular flexibility index (Phi) is 4.50. The summed E-state index contributed by atoms with van der Waals surface area (Å²) < 4.78 is 0. The van der Waals surface area contributed by atoms with Crippen LogP contribution in [0.4, 0.5) is 5.82 Å². The highest BCUT2D eigenvalue weighted by molar-refractivity contribution is 6.30. The molecule has 2 aromatic carbocycles. The highest BCUT2D eigenvalue weighted by Crippen LogP contribution is 2.24. The Labute approximate surface area is 156 Å². The summed E-state index contributed by atoms with van der Waals surface area (Å²) in [5.74, 6) is 1.41. The molecule has 128 valence electrons. The second-order valence-corrected chi connectivity index (χ2v) is 6.49. The van der Waals surface area contributed by atoms with E-state index in [2.05, 4.69) is 15.3 Å². The molecule has 4 nitrogen and oxygen atoms in total. The van der Waals surface area contributed by atoms with Gasteiger partial charge in [-0.05, 0) is 48.9 Å². The molecule has 0 spiro atoms. The van der Waals surface area contributed by atoms with Crippen molar-refractivity contribution in [2.75, 3.05) is 5.32 Å². The third-order valence-electron chi connectivity index (χ3n) is 4.09. The number of para-hydroxylation sites is 1. The van der Waals surface area contributed by atoms with Crippen molar-refractivity contribution in [3.63, 3.8) is 0 Å². The van der Waals surface area contributed by atoms with E-state index in [9.17, 15) is 0 Å². The predicted octanol–water partition coefficient (Wildman–Crippen LogP) is 5.27. The second-order valence-electron chi connectivity index (χ2n) is 6.06. The maximum atomic E-state index is 5.96. The lowest BCUT2D eigenvalue weighted by Crippen LogP contribution is -2.04. The average Bonchev–Trinajstić information content (AvgIpc) is 2.67. The molecular weight excluding hydrogens is 344 g/mol. The van der Waals surface area contributed by atoms with Crippen molar-refractivity contribution in [2.45, 2.75) is 13.5 Å². The van der Waals surface area contributed by atoms with Crippen molar-refractivity contribution < 1.29 is 0 Å². The topological polar surface area (TPSA) is 50.7 Å². The molecule has 0 aliphatic heterocycles. The summed E-state index contributed by atoms with van der Waals surface area (Å²) in [7, 11) is 0. The Bertz CT molecular complexity index is 1060. The Hall–Kier alpha value is -2.98. The number of fused-ring (bicyclic) bond motifs is 1. The summed E-state index contributed by atoms with van der Waals surface area (Å²) >= 11 is 5.96. The highest BCUT2D eigenvalue weighted by atomic mass is 35.5. The zero-order chi connectivity index (χ0) is 17.9. The van der Waals surface area contributed by atoms with Gasteiger partial charge in [0.25, 0.3) is 0 Å². The number of pyridine rings is 1. The molecule has 2 heterocycles. The van der Waals surface area contributed by atoms with Gasteiger partial charge in [-0.2, -0.15) is 0 Å². The van der Waals surface area contributed by atoms with Crippen LogP contribution in [0.3, 0.4) is 0 Å². The van der Waals surface area contributed by atoms with Gasteiger partial charge in [0, 0.05) is 22.6 Å². The summed E-state index contributed by atoms with van der Waals surface area (Å²) in [6.07, 6.45) is 0. The second kappa shape index (κ2) is 7.10. The van der Waals surface area contributed by atoms with Crippen LogP contribution in [0.1, 0.15) is 11.3 Å². The van der Waals surface area contributed by atoms with Crippen molar-refractivity contribution in [3.05, 3.63) is 83.0 Å². The Balaban J connectivity index is 1.73. The number of hydrogen-bond acceptors (Lipinski definition) is 4. The van der Waals surface area contributed by atoms with Gasteiger partial charge in [-0.3, -0.25) is 0 Å². The first kappa shape index (κ1) is 16.5. The fourth-order valence-electron chi connectivity index (χ4n) is 2.78. The molecule has 1 N–H and O–H groups in total. The summed E-state index contributed by atoms with van der Waals surface area (Å²) in [4.78, 5) is 14.0. The molecule has 0 aliphatic rings. The van der Waals surface area contributed by atoms with Gasteiger partial charge >= 0.3 is 0 Å². The van der Waals surface area contributed by atoms with Crippen molar-refractivity contribution in [3.8, 4) is 11.5 Å². The van der Waals surface area contributed by atoms with E-state index in [-0.39, 0.29) is 0 Å². The van der Waals surface area contributed by atoms with E-state index in [0.717, 1.165) is 38.7 Å². The van der Waals surface area contributed by atoms with Crippen LogP contribution in [0.25, 0.3) is 22.4 Å². The normalized spacial score (nSPS) is 10.8. The minimum absolute atomic E-state index is 0.617. The van der Waals surface area contributed by atoms with Crippen LogP contribution in [-0.2, 0) is 6.54 Å². The molecule has 0 saturated heterocycles. The minimum atomic E-state index is 0.617. The number of anilines is 1. The summed E-state index contributed by atoms with van der Waals surface area (Å²) in [5, 5.41) is 5.14. The number of aromatic nitrogens is 3. The van der Waals surface area contributed by atoms with Gasteiger partial charge in [-0.1, -0.05) is 41.9 Å². The zero-order valence-electron chi connectivity index (χ0n) is 14.3. The van der Waals surface area contributed by atoms with Crippen LogP contribution < -0.4 is 5.32 Å². The summed E-state index contributed by atoms with van der Waals surface area (Å²) in [6, 6.07) is 21.6. The summed E-state index contributed by atoms with van der Waals surface area (Å²) in [6.45, 7) is 2.61. The molecule has 0 amide bonds. The number of halogens is 1. The van der Waals surface area contributed by atoms with Crippen LogP contribution in [0.5, 0.6) is 0 Å². The maximum absolute atomic E-state index is 5.96. The molecule has 0 saturated carbocycles. The maximum Gasteiger partial charge on any atom is 0.180 e. The van der Waals surface area contributed by atoms with Crippen molar-refractivity contribution >= 4 is 28.3 Å². The number of benzene rings is 2. The molecule has 0 bridgehead atoms. The first-order chi connectivity index (χ1) is 12.7. The van der Waals surface area contributed by atoms with Gasteiger partial charge in [-0.15, -0.1) is 0 Å². The lowest BCUT2D eigenvalue weighted by molar-refractivity contribution is 1.09. The first-order valence-corrected chi connectivity index (χ1v) is 8.76. The molecule has 0 radical (unpaired) electrons. The molecule has 2 aromatic heterocycles. The van der Waals surface area contributed by atoms with E-state index < -0.39 is 0 Å². The predicted molar refractivity (Wildman–Crippen MR) is 106 cm³/mol. The minimum Gasteiger partial charge on any atom is -0.365 e. The number of hydrogen-bond donors (Lipinski definition) is 1. The third kappa shape index (κ3) is 3.51. The van der Waals surface area contributed by atoms with Crippen LogP contribution in [0.15, 0.2) is 66.7 Å². The fraction of sp³-hybridized carbons (Fsp3) is 0.0952. The van der Waals surface area contributed by atoms with Crippen LogP contribution in [0, 0.1) is 6.92 Å². The molecule has 0 aliphatic carbocycles. The molecule has 26 heavy (non-hydrogen) atoms. The smallest absolute Gasteiger partial charge is 0.180 e. The number of nitrogens with one attached hydrogen (secondary N) is 1.